The normalized spacial score (nSPS) is 10.7. The Balaban J connectivity index is 0.000000270. The molecule has 4 aromatic carbocycles. The van der Waals surface area contributed by atoms with E-state index in [0.29, 0.717) is 32.8 Å². The van der Waals surface area contributed by atoms with Crippen molar-refractivity contribution in [3.63, 3.8) is 0 Å². The minimum absolute atomic E-state index is 0. The second-order valence-electron chi connectivity index (χ2n) is 10.2. The zero-order chi connectivity index (χ0) is 35.9. The van der Waals surface area contributed by atoms with Crippen LogP contribution in [0.4, 0.5) is 22.7 Å². The standard InChI is InChI=1S/2C17H13ClN4O3.Co.Na/c2*1-10-15(20-19-13-8-4-2-6-11(13)17(24)25)16(23)22(21-10)14-9-5-3-7-12(14)18;;/h2*2-9,23H,1H3,(H,24,25);;/q;;+3;+1/p-4. The second kappa shape index (κ2) is 18.6. The second-order valence-corrected chi connectivity index (χ2v) is 11.0. The van der Waals surface area contributed by atoms with Gasteiger partial charge in [0.2, 0.25) is 0 Å². The Hall–Kier alpha value is -4.87. The van der Waals surface area contributed by atoms with E-state index < -0.39 is 23.7 Å². The molecule has 0 saturated carbocycles. The van der Waals surface area contributed by atoms with E-state index in [1.807, 2.05) is 0 Å². The SMILES string of the molecule is Cc1nn(-c2ccccc2Cl)c([O-])c1N=Nc1ccccc1C(=O)[O-].Cc1nn(-c2ccccc2Cl)c([O-])c1N=Nc1ccccc1C(=O)[O-].[Co+3].[Na+]. The Morgan fingerprint density at radius 2 is 0.904 bits per heavy atom. The Morgan fingerprint density at radius 3 is 1.25 bits per heavy atom. The van der Waals surface area contributed by atoms with E-state index in [1.54, 1.807) is 86.6 Å². The topological polar surface area (TPSA) is 211 Å². The summed E-state index contributed by atoms with van der Waals surface area (Å²) in [6.45, 7) is 3.21. The predicted octanol–water partition coefficient (Wildman–Crippen LogP) is 2.37. The molecule has 18 heteroatoms. The van der Waals surface area contributed by atoms with E-state index in [-0.39, 0.29) is 80.2 Å². The van der Waals surface area contributed by atoms with Gasteiger partial charge in [0.25, 0.3) is 0 Å². The quantitative estimate of drug-likeness (QED) is 0.165. The number of carboxylic acids is 2. The summed E-state index contributed by atoms with van der Waals surface area (Å²) in [6, 6.07) is 25.5. The molecule has 6 rings (SSSR count). The van der Waals surface area contributed by atoms with Gasteiger partial charge in [-0.2, -0.15) is 10.2 Å². The van der Waals surface area contributed by atoms with Gasteiger partial charge in [-0.15, -0.1) is 20.5 Å². The summed E-state index contributed by atoms with van der Waals surface area (Å²) in [4.78, 5) is 22.2. The summed E-state index contributed by atoms with van der Waals surface area (Å²) in [5, 5.41) is 71.8. The molecule has 258 valence electrons. The van der Waals surface area contributed by atoms with Crippen LogP contribution in [0.5, 0.6) is 11.8 Å². The number of para-hydroxylation sites is 2. The number of rotatable bonds is 8. The van der Waals surface area contributed by atoms with E-state index in [1.165, 1.54) is 24.3 Å². The number of benzene rings is 4. The molecule has 0 fully saturated rings. The van der Waals surface area contributed by atoms with Crippen molar-refractivity contribution < 1.29 is 76.4 Å². The van der Waals surface area contributed by atoms with Crippen molar-refractivity contribution in [2.24, 2.45) is 20.5 Å². The maximum absolute atomic E-state index is 12.5. The molecule has 0 aliphatic carbocycles. The summed E-state index contributed by atoms with van der Waals surface area (Å²) >= 11 is 12.2. The number of aromatic carboxylic acids is 2. The first-order valence-corrected chi connectivity index (χ1v) is 15.2. The van der Waals surface area contributed by atoms with Crippen molar-refractivity contribution in [1.82, 2.24) is 19.6 Å². The molecule has 0 amide bonds. The minimum Gasteiger partial charge on any atom is -0.857 e. The summed E-state index contributed by atoms with van der Waals surface area (Å²) < 4.78 is 2.27. The van der Waals surface area contributed by atoms with Crippen molar-refractivity contribution in [2.45, 2.75) is 13.8 Å². The number of halogens is 2. The Morgan fingerprint density at radius 1 is 0.577 bits per heavy atom. The zero-order valence-corrected chi connectivity index (χ0v) is 31.9. The molecule has 0 aliphatic heterocycles. The van der Waals surface area contributed by atoms with Crippen molar-refractivity contribution >= 4 is 57.9 Å². The monoisotopic (exact) mass is 790 g/mol. The van der Waals surface area contributed by atoms with Gasteiger partial charge in [-0.25, -0.2) is 9.36 Å². The van der Waals surface area contributed by atoms with Gasteiger partial charge in [0, 0.05) is 22.9 Å². The van der Waals surface area contributed by atoms with Crippen LogP contribution in [0.2, 0.25) is 10.0 Å². The van der Waals surface area contributed by atoms with Gasteiger partial charge in [-0.1, -0.05) is 83.9 Å². The van der Waals surface area contributed by atoms with Crippen LogP contribution in [0.15, 0.2) is 118 Å². The van der Waals surface area contributed by atoms with Crippen LogP contribution in [0, 0.1) is 13.8 Å². The van der Waals surface area contributed by atoms with Crippen LogP contribution in [-0.2, 0) is 16.8 Å². The number of carbonyl (C=O) groups is 2. The molecule has 0 unspecified atom stereocenters. The third kappa shape index (κ3) is 9.31. The number of carbonyl (C=O) groups excluding carboxylic acids is 2. The van der Waals surface area contributed by atoms with Gasteiger partial charge >= 0.3 is 46.3 Å². The molecule has 0 N–H and O–H groups in total. The van der Waals surface area contributed by atoms with E-state index >= 15 is 0 Å². The molecule has 0 aliphatic rings. The molecule has 52 heavy (non-hydrogen) atoms. The third-order valence-corrected chi connectivity index (χ3v) is 7.54. The molecular weight excluding hydrogens is 769 g/mol. The number of azo groups is 2. The summed E-state index contributed by atoms with van der Waals surface area (Å²) in [5.74, 6) is -3.75. The van der Waals surface area contributed by atoms with Gasteiger partial charge in [-0.3, -0.25) is 0 Å². The van der Waals surface area contributed by atoms with Gasteiger partial charge in [0.1, 0.15) is 11.4 Å². The number of aryl methyl sites for hydroxylation is 2. The summed E-state index contributed by atoms with van der Waals surface area (Å²) in [5.41, 5.74) is 1.51. The third-order valence-electron chi connectivity index (χ3n) is 6.90. The molecule has 0 atom stereocenters. The number of hydrogen-bond donors (Lipinski definition) is 0. The maximum atomic E-state index is 12.5. The van der Waals surface area contributed by atoms with Crippen LogP contribution in [0.25, 0.3) is 11.4 Å². The van der Waals surface area contributed by atoms with Gasteiger partial charge in [0.05, 0.1) is 56.1 Å². The van der Waals surface area contributed by atoms with Crippen molar-refractivity contribution in [3.05, 3.63) is 130 Å². The van der Waals surface area contributed by atoms with Gasteiger partial charge in [0.15, 0.2) is 0 Å². The fourth-order valence-electron chi connectivity index (χ4n) is 4.47. The fraction of sp³-hybridized carbons (Fsp3) is 0.0588. The zero-order valence-electron chi connectivity index (χ0n) is 27.4. The van der Waals surface area contributed by atoms with Crippen LogP contribution in [-0.4, -0.2) is 31.5 Å². The van der Waals surface area contributed by atoms with E-state index in [2.05, 4.69) is 30.7 Å². The van der Waals surface area contributed by atoms with Crippen LogP contribution in [0.3, 0.4) is 0 Å². The number of aromatic nitrogens is 4. The first-order chi connectivity index (χ1) is 24.0. The maximum Gasteiger partial charge on any atom is 3.00 e. The largest absolute Gasteiger partial charge is 3.00 e. The molecule has 0 radical (unpaired) electrons. The van der Waals surface area contributed by atoms with Crippen molar-refractivity contribution in [3.8, 4) is 23.1 Å². The molecular formula is C34H22Cl2CoN8NaO6. The molecule has 0 bridgehead atoms. The molecule has 14 nitrogen and oxygen atoms in total. The number of nitrogens with zero attached hydrogens (tertiary/aromatic N) is 8. The molecule has 2 heterocycles. The summed E-state index contributed by atoms with van der Waals surface area (Å²) in [6.07, 6.45) is 0. The van der Waals surface area contributed by atoms with E-state index in [0.717, 1.165) is 9.36 Å². The first-order valence-electron chi connectivity index (χ1n) is 14.4. The van der Waals surface area contributed by atoms with Gasteiger partial charge in [-0.05, 0) is 50.2 Å². The van der Waals surface area contributed by atoms with Gasteiger partial charge < -0.3 is 30.0 Å². The molecule has 6 aromatic rings. The minimum atomic E-state index is -1.37. The Bertz CT molecular complexity index is 2140. The molecule has 2 aromatic heterocycles. The average molecular weight is 791 g/mol. The first kappa shape index (κ1) is 41.5. The summed E-state index contributed by atoms with van der Waals surface area (Å²) in [7, 11) is 0. The number of hydrogen-bond acceptors (Lipinski definition) is 12. The van der Waals surface area contributed by atoms with E-state index in [4.69, 9.17) is 23.2 Å². The smallest absolute Gasteiger partial charge is 0.857 e. The van der Waals surface area contributed by atoms with Crippen LogP contribution < -0.4 is 50.0 Å². The van der Waals surface area contributed by atoms with Crippen molar-refractivity contribution in [1.29, 1.82) is 0 Å². The van der Waals surface area contributed by atoms with Crippen LogP contribution >= 0.6 is 23.2 Å². The number of carboxylic acid groups (broad SMARTS) is 2. The fourth-order valence-corrected chi connectivity index (χ4v) is 4.91. The Kier molecular flexibility index (Phi) is 14.8. The van der Waals surface area contributed by atoms with Crippen LogP contribution in [0.1, 0.15) is 32.1 Å². The molecule has 0 spiro atoms. The average Bonchev–Trinajstić information content (AvgIpc) is 3.55. The molecule has 0 saturated heterocycles. The van der Waals surface area contributed by atoms with E-state index in [9.17, 15) is 30.0 Å². The van der Waals surface area contributed by atoms with Crippen molar-refractivity contribution in [2.75, 3.05) is 0 Å². The predicted molar refractivity (Wildman–Crippen MR) is 175 cm³/mol. The Labute approximate surface area is 338 Å².